The number of nitrogens with one attached hydrogen (secondary N) is 1. The van der Waals surface area contributed by atoms with Crippen molar-refractivity contribution in [1.29, 1.82) is 0 Å². The minimum atomic E-state index is -0.329. The van der Waals surface area contributed by atoms with Crippen molar-refractivity contribution < 1.29 is 19.0 Å². The average Bonchev–Trinajstić information content (AvgIpc) is 2.12. The van der Waals surface area contributed by atoms with Crippen molar-refractivity contribution in [1.82, 2.24) is 5.32 Å². The average molecular weight is 201 g/mol. The Labute approximate surface area is 82.7 Å². The van der Waals surface area contributed by atoms with Gasteiger partial charge in [0.1, 0.15) is 12.1 Å². The molecular formula is C9H15NO4. The third-order valence-electron chi connectivity index (χ3n) is 2.46. The van der Waals surface area contributed by atoms with Gasteiger partial charge in [-0.05, 0) is 6.92 Å². The van der Waals surface area contributed by atoms with Crippen molar-refractivity contribution in [2.45, 2.75) is 25.2 Å². The van der Waals surface area contributed by atoms with Crippen LogP contribution in [-0.4, -0.2) is 50.6 Å². The molecule has 2 aliphatic rings. The van der Waals surface area contributed by atoms with Crippen LogP contribution in [0.1, 0.15) is 6.92 Å². The van der Waals surface area contributed by atoms with Crippen LogP contribution in [0.3, 0.4) is 0 Å². The van der Waals surface area contributed by atoms with E-state index in [1.54, 1.807) is 0 Å². The monoisotopic (exact) mass is 201 g/mol. The zero-order chi connectivity index (χ0) is 9.97. The summed E-state index contributed by atoms with van der Waals surface area (Å²) in [5.74, 6) is -0.231. The van der Waals surface area contributed by atoms with Gasteiger partial charge < -0.3 is 14.2 Å². The zero-order valence-corrected chi connectivity index (χ0v) is 8.19. The van der Waals surface area contributed by atoms with Crippen LogP contribution in [-0.2, 0) is 19.0 Å². The Balaban J connectivity index is 1.82. The molecule has 2 aliphatic heterocycles. The summed E-state index contributed by atoms with van der Waals surface area (Å²) in [6.45, 7) is 4.26. The quantitative estimate of drug-likeness (QED) is 0.599. The summed E-state index contributed by atoms with van der Waals surface area (Å²) in [7, 11) is 0. The number of carbonyl (C=O) groups excluding carboxylic acids is 1. The largest absolute Gasteiger partial charge is 0.456 e. The van der Waals surface area contributed by atoms with Gasteiger partial charge in [-0.1, -0.05) is 0 Å². The highest BCUT2D eigenvalue weighted by molar-refractivity contribution is 5.76. The second kappa shape index (κ2) is 4.25. The fourth-order valence-electron chi connectivity index (χ4n) is 1.52. The van der Waals surface area contributed by atoms with Crippen LogP contribution in [0.15, 0.2) is 0 Å². The summed E-state index contributed by atoms with van der Waals surface area (Å²) in [4.78, 5) is 11.6. The molecule has 2 heterocycles. The topological polar surface area (TPSA) is 56.8 Å². The minimum Gasteiger partial charge on any atom is -0.456 e. The van der Waals surface area contributed by atoms with Gasteiger partial charge in [-0.15, -0.1) is 0 Å². The lowest BCUT2D eigenvalue weighted by atomic mass is 10.1. The van der Waals surface area contributed by atoms with Gasteiger partial charge in [0.15, 0.2) is 0 Å². The molecule has 2 fully saturated rings. The fraction of sp³-hybridized carbons (Fsp3) is 0.889. The van der Waals surface area contributed by atoms with Gasteiger partial charge in [0.25, 0.3) is 0 Å². The molecule has 2 rings (SSSR count). The molecule has 14 heavy (non-hydrogen) atoms. The van der Waals surface area contributed by atoms with Gasteiger partial charge in [-0.25, -0.2) is 0 Å². The Morgan fingerprint density at radius 1 is 1.50 bits per heavy atom. The second-order valence-electron chi connectivity index (χ2n) is 3.60. The third-order valence-corrected chi connectivity index (χ3v) is 2.46. The highest BCUT2D eigenvalue weighted by Gasteiger charge is 2.33. The second-order valence-corrected chi connectivity index (χ2v) is 3.60. The Morgan fingerprint density at radius 2 is 2.29 bits per heavy atom. The summed E-state index contributed by atoms with van der Waals surface area (Å²) < 4.78 is 15.5. The molecule has 2 unspecified atom stereocenters. The third kappa shape index (κ3) is 2.05. The lowest BCUT2D eigenvalue weighted by Crippen LogP contribution is -2.54. The van der Waals surface area contributed by atoms with Crippen LogP contribution in [0.25, 0.3) is 0 Å². The van der Waals surface area contributed by atoms with E-state index in [0.717, 1.165) is 0 Å². The molecule has 0 spiro atoms. The van der Waals surface area contributed by atoms with Crippen LogP contribution < -0.4 is 5.32 Å². The van der Waals surface area contributed by atoms with E-state index >= 15 is 0 Å². The number of rotatable bonds is 2. The number of hydrogen-bond donors (Lipinski definition) is 1. The Kier molecular flexibility index (Phi) is 3.00. The van der Waals surface area contributed by atoms with E-state index in [0.29, 0.717) is 26.4 Å². The predicted molar refractivity (Wildman–Crippen MR) is 47.9 cm³/mol. The standard InChI is InChI=1S/C9H15NO4/c1-6-8(10-2-3-13-6)9(11)14-7-4-12-5-7/h6-8,10H,2-5H2,1H3. The number of hydrogen-bond acceptors (Lipinski definition) is 5. The maximum absolute atomic E-state index is 11.6. The lowest BCUT2D eigenvalue weighted by Gasteiger charge is -2.32. The first-order chi connectivity index (χ1) is 6.77. The summed E-state index contributed by atoms with van der Waals surface area (Å²) >= 11 is 0. The molecule has 0 aromatic heterocycles. The molecule has 5 nitrogen and oxygen atoms in total. The predicted octanol–water partition coefficient (Wildman–Crippen LogP) is -0.695. The van der Waals surface area contributed by atoms with Crippen molar-refractivity contribution in [3.05, 3.63) is 0 Å². The first-order valence-corrected chi connectivity index (χ1v) is 4.90. The highest BCUT2D eigenvalue weighted by atomic mass is 16.6. The van der Waals surface area contributed by atoms with E-state index in [-0.39, 0.29) is 24.2 Å². The number of carbonyl (C=O) groups is 1. The Bertz CT molecular complexity index is 217. The normalized spacial score (nSPS) is 33.5. The van der Waals surface area contributed by atoms with Crippen LogP contribution in [0, 0.1) is 0 Å². The van der Waals surface area contributed by atoms with Gasteiger partial charge in [-0.2, -0.15) is 0 Å². The molecular weight excluding hydrogens is 186 g/mol. The van der Waals surface area contributed by atoms with Crippen LogP contribution in [0.2, 0.25) is 0 Å². The molecule has 0 amide bonds. The Hall–Kier alpha value is -0.650. The summed E-state index contributed by atoms with van der Waals surface area (Å²) in [6, 6.07) is -0.329. The number of morpholine rings is 1. The van der Waals surface area contributed by atoms with Crippen molar-refractivity contribution in [2.24, 2.45) is 0 Å². The van der Waals surface area contributed by atoms with Gasteiger partial charge in [0.05, 0.1) is 25.9 Å². The minimum absolute atomic E-state index is 0.0570. The Morgan fingerprint density at radius 3 is 2.86 bits per heavy atom. The van der Waals surface area contributed by atoms with E-state index in [1.165, 1.54) is 0 Å². The lowest BCUT2D eigenvalue weighted by molar-refractivity contribution is -0.179. The van der Waals surface area contributed by atoms with Crippen LogP contribution >= 0.6 is 0 Å². The maximum Gasteiger partial charge on any atom is 0.326 e. The van der Waals surface area contributed by atoms with Gasteiger partial charge in [0, 0.05) is 6.54 Å². The highest BCUT2D eigenvalue weighted by Crippen LogP contribution is 2.11. The van der Waals surface area contributed by atoms with E-state index < -0.39 is 0 Å². The summed E-state index contributed by atoms with van der Waals surface area (Å²) in [5, 5.41) is 3.08. The van der Waals surface area contributed by atoms with E-state index in [9.17, 15) is 4.79 Å². The molecule has 5 heteroatoms. The molecule has 1 N–H and O–H groups in total. The first kappa shape index (κ1) is 9.89. The SMILES string of the molecule is CC1OCCNC1C(=O)OC1COC1. The van der Waals surface area contributed by atoms with Gasteiger partial charge in [-0.3, -0.25) is 10.1 Å². The zero-order valence-electron chi connectivity index (χ0n) is 8.19. The molecule has 0 radical (unpaired) electrons. The van der Waals surface area contributed by atoms with Gasteiger partial charge >= 0.3 is 5.97 Å². The van der Waals surface area contributed by atoms with Crippen molar-refractivity contribution in [3.8, 4) is 0 Å². The molecule has 0 aliphatic carbocycles. The molecule has 80 valence electrons. The van der Waals surface area contributed by atoms with Crippen molar-refractivity contribution >= 4 is 5.97 Å². The number of ether oxygens (including phenoxy) is 3. The first-order valence-electron chi connectivity index (χ1n) is 4.90. The molecule has 0 saturated carbocycles. The molecule has 0 aromatic carbocycles. The summed E-state index contributed by atoms with van der Waals surface area (Å²) in [5.41, 5.74) is 0. The smallest absolute Gasteiger partial charge is 0.326 e. The molecule has 2 saturated heterocycles. The maximum atomic E-state index is 11.6. The van der Waals surface area contributed by atoms with Crippen LogP contribution in [0.4, 0.5) is 0 Å². The van der Waals surface area contributed by atoms with E-state index in [2.05, 4.69) is 5.32 Å². The van der Waals surface area contributed by atoms with Crippen molar-refractivity contribution in [3.63, 3.8) is 0 Å². The number of esters is 1. The molecule has 2 atom stereocenters. The van der Waals surface area contributed by atoms with Crippen LogP contribution in [0.5, 0.6) is 0 Å². The van der Waals surface area contributed by atoms with Crippen molar-refractivity contribution in [2.75, 3.05) is 26.4 Å². The summed E-state index contributed by atoms with van der Waals surface area (Å²) in [6.07, 6.45) is -0.171. The molecule has 0 bridgehead atoms. The molecule has 0 aromatic rings. The van der Waals surface area contributed by atoms with Gasteiger partial charge in [0.2, 0.25) is 0 Å². The fourth-order valence-corrected chi connectivity index (χ4v) is 1.52. The van der Waals surface area contributed by atoms with E-state index in [1.807, 2.05) is 6.92 Å². The van der Waals surface area contributed by atoms with E-state index in [4.69, 9.17) is 14.2 Å².